The molecule has 1 atom stereocenters. The van der Waals surface area contributed by atoms with Crippen molar-refractivity contribution in [2.45, 2.75) is 31.3 Å². The van der Waals surface area contributed by atoms with Crippen LogP contribution in [0.15, 0.2) is 53.4 Å². The van der Waals surface area contributed by atoms with E-state index in [0.29, 0.717) is 12.4 Å². The van der Waals surface area contributed by atoms with Gasteiger partial charge < -0.3 is 19.7 Å². The molecule has 2 aromatic rings. The average molecular weight is 464 g/mol. The molecule has 0 aromatic heterocycles. The lowest BCUT2D eigenvalue weighted by Gasteiger charge is -2.22. The second kappa shape index (κ2) is 11.8. The lowest BCUT2D eigenvalue weighted by atomic mass is 10.0. The van der Waals surface area contributed by atoms with Gasteiger partial charge in [0.05, 0.1) is 12.0 Å². The van der Waals surface area contributed by atoms with E-state index < -0.39 is 22.0 Å². The highest BCUT2D eigenvalue weighted by molar-refractivity contribution is 7.89. The van der Waals surface area contributed by atoms with E-state index in [9.17, 15) is 13.2 Å². The number of nitrogens with one attached hydrogen (secondary N) is 2. The number of methoxy groups -OCH3 is 1. The van der Waals surface area contributed by atoms with Gasteiger partial charge in [-0.3, -0.25) is 4.79 Å². The van der Waals surface area contributed by atoms with Crippen LogP contribution in [-0.2, 0) is 21.4 Å². The van der Waals surface area contributed by atoms with Gasteiger partial charge in [0.2, 0.25) is 15.9 Å². The molecule has 32 heavy (non-hydrogen) atoms. The first-order valence-corrected chi connectivity index (χ1v) is 11.9. The van der Waals surface area contributed by atoms with Gasteiger partial charge in [-0.15, -0.1) is 0 Å². The Balaban J connectivity index is 2.01. The van der Waals surface area contributed by atoms with E-state index in [0.717, 1.165) is 17.9 Å². The molecule has 2 rings (SSSR count). The lowest BCUT2D eigenvalue weighted by molar-refractivity contribution is -0.123. The van der Waals surface area contributed by atoms with Crippen LogP contribution < -0.4 is 19.5 Å². The number of hydrogen-bond acceptors (Lipinski definition) is 6. The Labute approximate surface area is 191 Å². The summed E-state index contributed by atoms with van der Waals surface area (Å²) in [6.07, 6.45) is 0. The minimum absolute atomic E-state index is 0.0688. The normalized spacial score (nSPS) is 12.6. The second-order valence-electron chi connectivity index (χ2n) is 8.04. The first kappa shape index (κ1) is 25.6. The predicted molar refractivity (Wildman–Crippen MR) is 124 cm³/mol. The minimum Gasteiger partial charge on any atom is -0.497 e. The number of carbonyl (C=O) groups excluding carboxylic acids is 1. The number of nitrogens with zero attached hydrogens (tertiary/aromatic N) is 1. The summed E-state index contributed by atoms with van der Waals surface area (Å²) in [6.45, 7) is 5.20. The maximum Gasteiger partial charge on any atom is 0.241 e. The molecule has 0 radical (unpaired) electrons. The van der Waals surface area contributed by atoms with Crippen LogP contribution in [-0.4, -0.2) is 59.6 Å². The summed E-state index contributed by atoms with van der Waals surface area (Å²) in [5.41, 5.74) is 0.862. The number of amides is 1. The third-order valence-electron chi connectivity index (χ3n) is 4.77. The fraction of sp³-hybridized carbons (Fsp3) is 0.435. The summed E-state index contributed by atoms with van der Waals surface area (Å²) in [7, 11) is 1.59. The molecule has 0 heterocycles. The first-order valence-electron chi connectivity index (χ1n) is 10.4. The largest absolute Gasteiger partial charge is 0.497 e. The number of ether oxygens (including phenoxy) is 2. The van der Waals surface area contributed by atoms with Crippen molar-refractivity contribution >= 4 is 15.9 Å². The van der Waals surface area contributed by atoms with Crippen LogP contribution in [0.5, 0.6) is 11.5 Å². The van der Waals surface area contributed by atoms with Crippen molar-refractivity contribution in [1.82, 2.24) is 14.9 Å². The number of benzene rings is 2. The third kappa shape index (κ3) is 7.81. The average Bonchev–Trinajstić information content (AvgIpc) is 2.76. The van der Waals surface area contributed by atoms with Crippen LogP contribution in [0.1, 0.15) is 19.4 Å². The lowest BCUT2D eigenvalue weighted by Crippen LogP contribution is -2.49. The highest BCUT2D eigenvalue weighted by atomic mass is 32.2. The van der Waals surface area contributed by atoms with Gasteiger partial charge in [-0.25, -0.2) is 8.42 Å². The molecule has 0 unspecified atom stereocenters. The summed E-state index contributed by atoms with van der Waals surface area (Å²) >= 11 is 0. The first-order chi connectivity index (χ1) is 15.1. The van der Waals surface area contributed by atoms with E-state index in [1.807, 2.05) is 43.3 Å². The van der Waals surface area contributed by atoms with Crippen molar-refractivity contribution in [2.75, 3.05) is 34.4 Å². The van der Waals surface area contributed by atoms with Crippen LogP contribution in [0.3, 0.4) is 0 Å². The summed E-state index contributed by atoms with van der Waals surface area (Å²) in [4.78, 5) is 14.9. The van der Waals surface area contributed by atoms with Crippen LogP contribution in [0.2, 0.25) is 0 Å². The Kier molecular flexibility index (Phi) is 9.49. The molecular weight excluding hydrogens is 430 g/mol. The smallest absolute Gasteiger partial charge is 0.241 e. The van der Waals surface area contributed by atoms with E-state index in [4.69, 9.17) is 9.47 Å². The molecule has 1 amide bonds. The van der Waals surface area contributed by atoms with Gasteiger partial charge in [0.25, 0.3) is 0 Å². The molecule has 0 saturated carbocycles. The van der Waals surface area contributed by atoms with E-state index in [-0.39, 0.29) is 17.4 Å². The molecule has 176 valence electrons. The van der Waals surface area contributed by atoms with Crippen molar-refractivity contribution in [3.8, 4) is 11.5 Å². The number of carbonyl (C=O) groups is 1. The van der Waals surface area contributed by atoms with Crippen molar-refractivity contribution < 1.29 is 22.7 Å². The van der Waals surface area contributed by atoms with Crippen LogP contribution >= 0.6 is 0 Å². The number of hydrogen-bond donors (Lipinski definition) is 2. The van der Waals surface area contributed by atoms with Gasteiger partial charge in [-0.05, 0) is 62.0 Å². The highest BCUT2D eigenvalue weighted by Gasteiger charge is 2.28. The van der Waals surface area contributed by atoms with E-state index in [2.05, 4.69) is 10.0 Å². The predicted octanol–water partition coefficient (Wildman–Crippen LogP) is 2.25. The molecule has 0 fully saturated rings. The van der Waals surface area contributed by atoms with Crippen LogP contribution in [0.4, 0.5) is 0 Å². The van der Waals surface area contributed by atoms with Gasteiger partial charge in [0.15, 0.2) is 0 Å². The SMILES string of the molecule is COc1ccc(S(=O)(=O)N[C@H](C(=O)NCc2cccc(OCCN(C)C)c2)C(C)C)cc1. The molecular formula is C23H33N3O5S. The fourth-order valence-corrected chi connectivity index (χ4v) is 4.22. The maximum absolute atomic E-state index is 12.8. The molecule has 2 N–H and O–H groups in total. The molecule has 0 spiro atoms. The molecule has 0 aliphatic heterocycles. The number of rotatable bonds is 12. The van der Waals surface area contributed by atoms with Gasteiger partial charge in [-0.1, -0.05) is 26.0 Å². The van der Waals surface area contributed by atoms with E-state index in [1.165, 1.54) is 19.2 Å². The topological polar surface area (TPSA) is 97.0 Å². The summed E-state index contributed by atoms with van der Waals surface area (Å²) in [5, 5.41) is 2.82. The minimum atomic E-state index is -3.87. The molecule has 0 aliphatic rings. The van der Waals surface area contributed by atoms with Crippen LogP contribution in [0.25, 0.3) is 0 Å². The third-order valence-corrected chi connectivity index (χ3v) is 6.23. The molecule has 0 bridgehead atoms. The molecule has 0 saturated heterocycles. The molecule has 0 aliphatic carbocycles. The zero-order valence-electron chi connectivity index (χ0n) is 19.3. The van der Waals surface area contributed by atoms with Gasteiger partial charge >= 0.3 is 0 Å². The zero-order valence-corrected chi connectivity index (χ0v) is 20.1. The Bertz CT molecular complexity index is 975. The van der Waals surface area contributed by atoms with Gasteiger partial charge in [-0.2, -0.15) is 4.72 Å². The molecule has 9 heteroatoms. The quantitative estimate of drug-likeness (QED) is 0.501. The van der Waals surface area contributed by atoms with Gasteiger partial charge in [0.1, 0.15) is 24.1 Å². The fourth-order valence-electron chi connectivity index (χ4n) is 2.87. The highest BCUT2D eigenvalue weighted by Crippen LogP contribution is 2.17. The van der Waals surface area contributed by atoms with Gasteiger partial charge in [0, 0.05) is 13.1 Å². The van der Waals surface area contributed by atoms with E-state index >= 15 is 0 Å². The summed E-state index contributed by atoms with van der Waals surface area (Å²) in [6, 6.07) is 12.6. The van der Waals surface area contributed by atoms with Crippen molar-refractivity contribution in [3.05, 3.63) is 54.1 Å². The van der Waals surface area contributed by atoms with Crippen molar-refractivity contribution in [1.29, 1.82) is 0 Å². The Hall–Kier alpha value is -2.62. The number of sulfonamides is 1. The molecule has 8 nitrogen and oxygen atoms in total. The van der Waals surface area contributed by atoms with Crippen molar-refractivity contribution in [2.24, 2.45) is 5.92 Å². The standard InChI is InChI=1S/C23H33N3O5S/c1-17(2)22(25-32(28,29)21-11-9-19(30-5)10-12-21)23(27)24-16-18-7-6-8-20(15-18)31-14-13-26(3)4/h6-12,15,17,22,25H,13-14,16H2,1-5H3,(H,24,27)/t22-/m0/s1. The zero-order chi connectivity index (χ0) is 23.7. The monoisotopic (exact) mass is 463 g/mol. The Morgan fingerprint density at radius 3 is 2.34 bits per heavy atom. The second-order valence-corrected chi connectivity index (χ2v) is 9.75. The summed E-state index contributed by atoms with van der Waals surface area (Å²) < 4.78 is 38.8. The van der Waals surface area contributed by atoms with Crippen LogP contribution in [0, 0.1) is 5.92 Å². The maximum atomic E-state index is 12.8. The molecule has 2 aromatic carbocycles. The number of likely N-dealkylation sites (N-methyl/N-ethyl adjacent to an activating group) is 1. The van der Waals surface area contributed by atoms with Crippen molar-refractivity contribution in [3.63, 3.8) is 0 Å². The Morgan fingerprint density at radius 1 is 1.06 bits per heavy atom. The van der Waals surface area contributed by atoms with E-state index in [1.54, 1.807) is 26.0 Å². The summed E-state index contributed by atoms with van der Waals surface area (Å²) in [5.74, 6) is 0.633. The Morgan fingerprint density at radius 2 is 1.75 bits per heavy atom.